The molecular weight excluding hydrogens is 266 g/mol. The molecule has 1 aliphatic heterocycles. The Hall–Kier alpha value is -0.870. The Morgan fingerprint density at radius 2 is 2.33 bits per heavy atom. The van der Waals surface area contributed by atoms with Crippen molar-refractivity contribution in [2.75, 3.05) is 17.3 Å². The van der Waals surface area contributed by atoms with Gasteiger partial charge >= 0.3 is 0 Å². The van der Waals surface area contributed by atoms with E-state index in [1.165, 1.54) is 29.5 Å². The Labute approximate surface area is 116 Å². The van der Waals surface area contributed by atoms with Gasteiger partial charge in [0.25, 0.3) is 0 Å². The second-order valence-corrected chi connectivity index (χ2v) is 5.98. The molecule has 1 atom stereocenters. The summed E-state index contributed by atoms with van der Waals surface area (Å²) >= 11 is 7.84. The highest BCUT2D eigenvalue weighted by Crippen LogP contribution is 2.34. The van der Waals surface area contributed by atoms with Crippen molar-refractivity contribution in [3.8, 4) is 0 Å². The van der Waals surface area contributed by atoms with Crippen molar-refractivity contribution in [2.45, 2.75) is 32.2 Å². The summed E-state index contributed by atoms with van der Waals surface area (Å²) in [5, 5.41) is 2.16. The number of piperidine rings is 1. The fraction of sp³-hybridized carbons (Fsp3) is 0.538. The topological polar surface area (TPSA) is 29.0 Å². The largest absolute Gasteiger partial charge is 0.351 e. The lowest BCUT2D eigenvalue weighted by molar-refractivity contribution is 0.485. The summed E-state index contributed by atoms with van der Waals surface area (Å²) in [6.07, 6.45) is 5.34. The molecule has 0 amide bonds. The lowest BCUT2D eigenvalue weighted by Gasteiger charge is -2.35. The lowest BCUT2D eigenvalue weighted by Crippen LogP contribution is -2.41. The first kappa shape index (κ1) is 12.2. The van der Waals surface area contributed by atoms with E-state index in [4.69, 9.17) is 11.6 Å². The van der Waals surface area contributed by atoms with Gasteiger partial charge in [0.15, 0.2) is 0 Å². The molecule has 0 saturated carbocycles. The second-order valence-electron chi connectivity index (χ2n) is 4.79. The number of hydrogen-bond donors (Lipinski definition) is 0. The van der Waals surface area contributed by atoms with Crippen LogP contribution in [0.25, 0.3) is 10.2 Å². The number of fused-ring (bicyclic) bond motifs is 1. The first-order valence-electron chi connectivity index (χ1n) is 6.32. The molecule has 0 aromatic carbocycles. The lowest BCUT2D eigenvalue weighted by atomic mass is 10.0. The number of aromatic nitrogens is 2. The zero-order valence-corrected chi connectivity index (χ0v) is 12.0. The van der Waals surface area contributed by atoms with Crippen molar-refractivity contribution in [2.24, 2.45) is 0 Å². The molecule has 96 valence electrons. The fourth-order valence-electron chi connectivity index (χ4n) is 2.60. The number of halogens is 1. The van der Waals surface area contributed by atoms with Crippen LogP contribution in [0.15, 0.2) is 11.7 Å². The minimum atomic E-state index is 0.418. The van der Waals surface area contributed by atoms with Crippen LogP contribution in [0.2, 0.25) is 0 Å². The van der Waals surface area contributed by atoms with E-state index in [1.54, 1.807) is 17.7 Å². The van der Waals surface area contributed by atoms with Crippen LogP contribution in [0.1, 0.15) is 24.8 Å². The summed E-state index contributed by atoms with van der Waals surface area (Å²) in [7, 11) is 0. The Balaban J connectivity index is 2.07. The predicted molar refractivity (Wildman–Crippen MR) is 77.9 cm³/mol. The van der Waals surface area contributed by atoms with Gasteiger partial charge in [0.2, 0.25) is 0 Å². The molecule has 2 aromatic rings. The first-order valence-corrected chi connectivity index (χ1v) is 7.74. The minimum Gasteiger partial charge on any atom is -0.351 e. The van der Waals surface area contributed by atoms with E-state index < -0.39 is 0 Å². The summed E-state index contributed by atoms with van der Waals surface area (Å²) < 4.78 is 1.20. The normalized spacial score (nSPS) is 20.6. The van der Waals surface area contributed by atoms with Gasteiger partial charge in [-0.05, 0) is 37.1 Å². The van der Waals surface area contributed by atoms with E-state index in [0.717, 1.165) is 17.9 Å². The van der Waals surface area contributed by atoms with Gasteiger partial charge in [-0.1, -0.05) is 0 Å². The number of nitrogens with zero attached hydrogens (tertiary/aromatic N) is 3. The summed E-state index contributed by atoms with van der Waals surface area (Å²) in [5.74, 6) is 1.75. The van der Waals surface area contributed by atoms with E-state index in [-0.39, 0.29) is 0 Å². The number of aryl methyl sites for hydroxylation is 1. The van der Waals surface area contributed by atoms with Crippen LogP contribution in [0, 0.1) is 6.92 Å². The maximum absolute atomic E-state index is 6.10. The smallest absolute Gasteiger partial charge is 0.150 e. The third-order valence-electron chi connectivity index (χ3n) is 3.59. The SMILES string of the molecule is Cc1csc2c(N3CCCCC3CCl)ncnc12. The summed E-state index contributed by atoms with van der Waals surface area (Å²) in [4.78, 5) is 11.3. The van der Waals surface area contributed by atoms with Gasteiger partial charge in [0.05, 0.1) is 10.2 Å². The van der Waals surface area contributed by atoms with Gasteiger partial charge in [-0.3, -0.25) is 0 Å². The molecule has 3 nitrogen and oxygen atoms in total. The number of thiophene rings is 1. The predicted octanol–water partition coefficient (Wildman–Crippen LogP) is 3.60. The van der Waals surface area contributed by atoms with Crippen LogP contribution in [-0.2, 0) is 0 Å². The molecule has 1 fully saturated rings. The highest BCUT2D eigenvalue weighted by Gasteiger charge is 2.25. The van der Waals surface area contributed by atoms with Crippen LogP contribution in [0.5, 0.6) is 0 Å². The Kier molecular flexibility index (Phi) is 3.39. The maximum Gasteiger partial charge on any atom is 0.150 e. The Morgan fingerprint density at radius 1 is 1.44 bits per heavy atom. The number of anilines is 1. The quantitative estimate of drug-likeness (QED) is 0.788. The zero-order chi connectivity index (χ0) is 12.5. The highest BCUT2D eigenvalue weighted by atomic mass is 35.5. The zero-order valence-electron chi connectivity index (χ0n) is 10.4. The molecule has 0 radical (unpaired) electrons. The van der Waals surface area contributed by atoms with Gasteiger partial charge in [0.1, 0.15) is 12.1 Å². The van der Waals surface area contributed by atoms with Gasteiger partial charge in [0, 0.05) is 18.5 Å². The molecular formula is C13H16ClN3S. The van der Waals surface area contributed by atoms with Crippen molar-refractivity contribution in [1.29, 1.82) is 0 Å². The molecule has 3 heterocycles. The molecule has 3 rings (SSSR count). The average Bonchev–Trinajstić information content (AvgIpc) is 2.81. The summed E-state index contributed by atoms with van der Waals surface area (Å²) in [6, 6.07) is 0.418. The van der Waals surface area contributed by atoms with Gasteiger partial charge in [-0.25, -0.2) is 9.97 Å². The van der Waals surface area contributed by atoms with Gasteiger partial charge < -0.3 is 4.90 Å². The molecule has 0 spiro atoms. The molecule has 0 bridgehead atoms. The molecule has 1 unspecified atom stereocenters. The second kappa shape index (κ2) is 5.02. The molecule has 1 aliphatic rings. The minimum absolute atomic E-state index is 0.418. The van der Waals surface area contributed by atoms with Crippen molar-refractivity contribution in [1.82, 2.24) is 9.97 Å². The fourth-order valence-corrected chi connectivity index (χ4v) is 3.93. The third kappa shape index (κ3) is 1.97. The summed E-state index contributed by atoms with van der Waals surface area (Å²) in [6.45, 7) is 3.16. The van der Waals surface area contributed by atoms with Crippen LogP contribution in [0.3, 0.4) is 0 Å². The molecule has 5 heteroatoms. The Morgan fingerprint density at radius 3 is 3.17 bits per heavy atom. The van der Waals surface area contributed by atoms with Gasteiger partial charge in [-0.2, -0.15) is 0 Å². The average molecular weight is 282 g/mol. The van der Waals surface area contributed by atoms with Crippen molar-refractivity contribution in [3.05, 3.63) is 17.3 Å². The summed E-state index contributed by atoms with van der Waals surface area (Å²) in [5.41, 5.74) is 2.32. The third-order valence-corrected chi connectivity index (χ3v) is 5.03. The molecule has 1 saturated heterocycles. The monoisotopic (exact) mass is 281 g/mol. The number of hydrogen-bond acceptors (Lipinski definition) is 4. The molecule has 0 aliphatic carbocycles. The van der Waals surface area contributed by atoms with Gasteiger partial charge in [-0.15, -0.1) is 22.9 Å². The van der Waals surface area contributed by atoms with Crippen LogP contribution < -0.4 is 4.90 Å². The van der Waals surface area contributed by atoms with Crippen LogP contribution in [0.4, 0.5) is 5.82 Å². The molecule has 18 heavy (non-hydrogen) atoms. The molecule has 0 N–H and O–H groups in total. The van der Waals surface area contributed by atoms with Crippen LogP contribution in [-0.4, -0.2) is 28.4 Å². The first-order chi connectivity index (χ1) is 8.81. The Bertz CT molecular complexity index is 554. The van der Waals surface area contributed by atoms with E-state index in [2.05, 4.69) is 27.2 Å². The van der Waals surface area contributed by atoms with E-state index in [1.807, 2.05) is 0 Å². The van der Waals surface area contributed by atoms with E-state index >= 15 is 0 Å². The van der Waals surface area contributed by atoms with Crippen molar-refractivity contribution < 1.29 is 0 Å². The standard InChI is InChI=1S/C13H16ClN3S/c1-9-7-18-12-11(9)15-8-16-13(12)17-5-3-2-4-10(17)6-14/h7-8,10H,2-6H2,1H3. The van der Waals surface area contributed by atoms with E-state index in [0.29, 0.717) is 11.9 Å². The van der Waals surface area contributed by atoms with Crippen molar-refractivity contribution in [3.63, 3.8) is 0 Å². The highest BCUT2D eigenvalue weighted by molar-refractivity contribution is 7.18. The van der Waals surface area contributed by atoms with E-state index in [9.17, 15) is 0 Å². The number of alkyl halides is 1. The van der Waals surface area contributed by atoms with Crippen LogP contribution >= 0.6 is 22.9 Å². The molecule has 2 aromatic heterocycles. The van der Waals surface area contributed by atoms with Crippen molar-refractivity contribution >= 4 is 39.0 Å². The number of rotatable bonds is 2. The maximum atomic E-state index is 6.10.